The summed E-state index contributed by atoms with van der Waals surface area (Å²) in [5, 5.41) is 1.74. The van der Waals surface area contributed by atoms with Gasteiger partial charge in [0.15, 0.2) is 0 Å². The van der Waals surface area contributed by atoms with Crippen molar-refractivity contribution in [1.29, 1.82) is 0 Å². The summed E-state index contributed by atoms with van der Waals surface area (Å²) in [7, 11) is 0. The highest BCUT2D eigenvalue weighted by molar-refractivity contribution is 6.31. The van der Waals surface area contributed by atoms with E-state index in [-0.39, 0.29) is 6.04 Å². The summed E-state index contributed by atoms with van der Waals surface area (Å²) in [6, 6.07) is 7.55. The van der Waals surface area contributed by atoms with Crippen molar-refractivity contribution in [2.75, 3.05) is 0 Å². The number of fused-ring (bicyclic) bond motifs is 1. The van der Waals surface area contributed by atoms with Crippen molar-refractivity contribution < 1.29 is 4.42 Å². The lowest BCUT2D eigenvalue weighted by molar-refractivity contribution is 0.475. The van der Waals surface area contributed by atoms with Crippen LogP contribution in [0.15, 0.2) is 28.7 Å². The summed E-state index contributed by atoms with van der Waals surface area (Å²) in [6.45, 7) is 2.11. The fraction of sp³-hybridized carbons (Fsp3) is 0.333. The van der Waals surface area contributed by atoms with E-state index in [0.29, 0.717) is 0 Å². The van der Waals surface area contributed by atoms with E-state index >= 15 is 0 Å². The fourth-order valence-electron chi connectivity index (χ4n) is 1.67. The van der Waals surface area contributed by atoms with E-state index in [0.717, 1.165) is 34.6 Å². The molecule has 1 aromatic carbocycles. The Morgan fingerprint density at radius 2 is 2.20 bits per heavy atom. The van der Waals surface area contributed by atoms with Crippen molar-refractivity contribution in [2.24, 2.45) is 5.73 Å². The number of benzene rings is 1. The molecule has 1 atom stereocenters. The lowest BCUT2D eigenvalue weighted by Crippen LogP contribution is -2.08. The fourth-order valence-corrected chi connectivity index (χ4v) is 1.85. The highest BCUT2D eigenvalue weighted by atomic mass is 35.5. The molecule has 2 N–H and O–H groups in total. The van der Waals surface area contributed by atoms with Crippen molar-refractivity contribution in [1.82, 2.24) is 0 Å². The van der Waals surface area contributed by atoms with E-state index in [2.05, 4.69) is 6.92 Å². The molecule has 0 aliphatic carbocycles. The molecule has 0 radical (unpaired) electrons. The Kier molecular flexibility index (Phi) is 2.98. The first-order chi connectivity index (χ1) is 7.20. The van der Waals surface area contributed by atoms with Gasteiger partial charge < -0.3 is 10.2 Å². The Morgan fingerprint density at radius 1 is 1.40 bits per heavy atom. The van der Waals surface area contributed by atoms with Crippen LogP contribution in [0.4, 0.5) is 0 Å². The lowest BCUT2D eigenvalue weighted by atomic mass is 10.1. The molecule has 0 spiro atoms. The Balaban J connectivity index is 2.38. The van der Waals surface area contributed by atoms with Crippen LogP contribution in [0.1, 0.15) is 31.6 Å². The van der Waals surface area contributed by atoms with Gasteiger partial charge in [0.1, 0.15) is 11.3 Å². The van der Waals surface area contributed by atoms with Gasteiger partial charge in [-0.3, -0.25) is 0 Å². The molecule has 0 aliphatic heterocycles. The molecule has 0 saturated carbocycles. The molecule has 0 fully saturated rings. The number of hydrogen-bond acceptors (Lipinski definition) is 2. The van der Waals surface area contributed by atoms with Crippen molar-refractivity contribution >= 4 is 22.6 Å². The van der Waals surface area contributed by atoms with Crippen LogP contribution in [0.5, 0.6) is 0 Å². The molecule has 1 heterocycles. The van der Waals surface area contributed by atoms with Gasteiger partial charge in [0.2, 0.25) is 0 Å². The van der Waals surface area contributed by atoms with Crippen molar-refractivity contribution in [3.8, 4) is 0 Å². The van der Waals surface area contributed by atoms with Crippen molar-refractivity contribution in [2.45, 2.75) is 25.8 Å². The van der Waals surface area contributed by atoms with E-state index in [1.54, 1.807) is 0 Å². The van der Waals surface area contributed by atoms with Crippen molar-refractivity contribution in [3.05, 3.63) is 35.0 Å². The first kappa shape index (κ1) is 10.5. The number of hydrogen-bond donors (Lipinski definition) is 1. The average molecular weight is 224 g/mol. The zero-order valence-corrected chi connectivity index (χ0v) is 9.42. The second kappa shape index (κ2) is 4.25. The van der Waals surface area contributed by atoms with Crippen LogP contribution in [-0.2, 0) is 0 Å². The number of furan rings is 1. The number of halogens is 1. The smallest absolute Gasteiger partial charge is 0.134 e. The molecule has 0 amide bonds. The molecule has 80 valence electrons. The molecule has 2 aromatic rings. The van der Waals surface area contributed by atoms with E-state index < -0.39 is 0 Å². The summed E-state index contributed by atoms with van der Waals surface area (Å²) in [4.78, 5) is 0. The highest BCUT2D eigenvalue weighted by Gasteiger charge is 2.10. The van der Waals surface area contributed by atoms with Gasteiger partial charge in [-0.25, -0.2) is 0 Å². The van der Waals surface area contributed by atoms with E-state index in [4.69, 9.17) is 21.8 Å². The van der Waals surface area contributed by atoms with Crippen LogP contribution in [-0.4, -0.2) is 0 Å². The predicted octanol–water partition coefficient (Wildman–Crippen LogP) is 3.89. The van der Waals surface area contributed by atoms with Crippen LogP contribution in [0, 0.1) is 0 Å². The second-order valence-corrected chi connectivity index (χ2v) is 4.16. The monoisotopic (exact) mass is 223 g/mol. The topological polar surface area (TPSA) is 39.2 Å². The molecule has 3 heteroatoms. The first-order valence-electron chi connectivity index (χ1n) is 5.15. The van der Waals surface area contributed by atoms with Gasteiger partial charge >= 0.3 is 0 Å². The zero-order valence-electron chi connectivity index (χ0n) is 8.66. The van der Waals surface area contributed by atoms with Crippen molar-refractivity contribution in [3.63, 3.8) is 0 Å². The molecule has 2 rings (SSSR count). The first-order valence-corrected chi connectivity index (χ1v) is 5.53. The van der Waals surface area contributed by atoms with E-state index in [1.165, 1.54) is 0 Å². The highest BCUT2D eigenvalue weighted by Crippen LogP contribution is 2.27. The summed E-state index contributed by atoms with van der Waals surface area (Å²) in [5.74, 6) is 0.842. The largest absolute Gasteiger partial charge is 0.459 e. The quantitative estimate of drug-likeness (QED) is 0.858. The number of nitrogens with two attached hydrogens (primary N) is 1. The van der Waals surface area contributed by atoms with Gasteiger partial charge in [-0.05, 0) is 30.7 Å². The molecular weight excluding hydrogens is 210 g/mol. The maximum atomic E-state index is 5.98. The molecule has 0 bridgehead atoms. The maximum Gasteiger partial charge on any atom is 0.134 e. The molecule has 15 heavy (non-hydrogen) atoms. The zero-order chi connectivity index (χ0) is 10.8. The summed E-state index contributed by atoms with van der Waals surface area (Å²) >= 11 is 5.90. The Hall–Kier alpha value is -0.990. The average Bonchev–Trinajstić information content (AvgIpc) is 2.60. The Morgan fingerprint density at radius 3 is 2.93 bits per heavy atom. The maximum absolute atomic E-state index is 5.98. The van der Waals surface area contributed by atoms with Gasteiger partial charge in [0.05, 0.1) is 6.04 Å². The van der Waals surface area contributed by atoms with Gasteiger partial charge in [0, 0.05) is 10.4 Å². The standard InChI is InChI=1S/C12H14ClNO/c1-2-3-10(14)12-7-8-6-9(13)4-5-11(8)15-12/h4-7,10H,2-3,14H2,1H3/t10-/m0/s1. The Bertz CT molecular complexity index is 464. The Labute approximate surface area is 94.0 Å². The molecule has 1 aromatic heterocycles. The van der Waals surface area contributed by atoms with E-state index in [9.17, 15) is 0 Å². The molecular formula is C12H14ClNO. The predicted molar refractivity (Wildman–Crippen MR) is 63.1 cm³/mol. The minimum absolute atomic E-state index is 0.0128. The summed E-state index contributed by atoms with van der Waals surface area (Å²) in [5.41, 5.74) is 6.83. The normalized spacial score (nSPS) is 13.3. The minimum Gasteiger partial charge on any atom is -0.459 e. The van der Waals surface area contributed by atoms with Gasteiger partial charge in [0.25, 0.3) is 0 Å². The molecule has 2 nitrogen and oxygen atoms in total. The van der Waals surface area contributed by atoms with Crippen LogP contribution in [0.2, 0.25) is 5.02 Å². The van der Waals surface area contributed by atoms with Crippen LogP contribution < -0.4 is 5.73 Å². The minimum atomic E-state index is -0.0128. The second-order valence-electron chi connectivity index (χ2n) is 3.73. The summed E-state index contributed by atoms with van der Waals surface area (Å²) in [6.07, 6.45) is 1.99. The third-order valence-corrected chi connectivity index (χ3v) is 2.70. The van der Waals surface area contributed by atoms with Crippen LogP contribution >= 0.6 is 11.6 Å². The van der Waals surface area contributed by atoms with Crippen LogP contribution in [0.3, 0.4) is 0 Å². The molecule has 0 unspecified atom stereocenters. The lowest BCUT2D eigenvalue weighted by Gasteiger charge is -2.04. The van der Waals surface area contributed by atoms with Gasteiger partial charge in [-0.2, -0.15) is 0 Å². The number of rotatable bonds is 3. The third-order valence-electron chi connectivity index (χ3n) is 2.46. The van der Waals surface area contributed by atoms with E-state index in [1.807, 2.05) is 24.3 Å². The van der Waals surface area contributed by atoms with Gasteiger partial charge in [-0.1, -0.05) is 24.9 Å². The molecule has 0 saturated heterocycles. The molecule has 0 aliphatic rings. The summed E-state index contributed by atoms with van der Waals surface area (Å²) < 4.78 is 5.65. The third kappa shape index (κ3) is 2.16. The van der Waals surface area contributed by atoms with Gasteiger partial charge in [-0.15, -0.1) is 0 Å². The van der Waals surface area contributed by atoms with Crippen LogP contribution in [0.25, 0.3) is 11.0 Å². The SMILES string of the molecule is CCC[C@H](N)c1cc2cc(Cl)ccc2o1.